The zero-order valence-electron chi connectivity index (χ0n) is 9.70. The van der Waals surface area contributed by atoms with Gasteiger partial charge in [-0.1, -0.05) is 12.1 Å². The van der Waals surface area contributed by atoms with Crippen molar-refractivity contribution < 1.29 is 9.47 Å². The van der Waals surface area contributed by atoms with E-state index >= 15 is 0 Å². The molecule has 0 fully saturated rings. The molecule has 0 heterocycles. The molecule has 0 saturated heterocycles. The quantitative estimate of drug-likeness (QED) is 0.782. The molecule has 90 valence electrons. The Bertz CT molecular complexity index is 307. The van der Waals surface area contributed by atoms with E-state index in [2.05, 4.69) is 28.2 Å². The SMILES string of the molecule is COCC(C)NCCOc1ccccc1Br. The summed E-state index contributed by atoms with van der Waals surface area (Å²) in [5.74, 6) is 0.878. The summed E-state index contributed by atoms with van der Waals surface area (Å²) in [4.78, 5) is 0. The van der Waals surface area contributed by atoms with Gasteiger partial charge in [0.25, 0.3) is 0 Å². The second-order valence-corrected chi connectivity index (χ2v) is 4.44. The van der Waals surface area contributed by atoms with Gasteiger partial charge in [-0.2, -0.15) is 0 Å². The van der Waals surface area contributed by atoms with Crippen molar-refractivity contribution >= 4 is 15.9 Å². The maximum Gasteiger partial charge on any atom is 0.133 e. The van der Waals surface area contributed by atoms with Crippen LogP contribution in [-0.2, 0) is 4.74 Å². The Morgan fingerprint density at radius 2 is 2.12 bits per heavy atom. The van der Waals surface area contributed by atoms with Gasteiger partial charge in [-0.25, -0.2) is 0 Å². The predicted molar refractivity (Wildman–Crippen MR) is 69.0 cm³/mol. The molecule has 0 aliphatic heterocycles. The van der Waals surface area contributed by atoms with E-state index in [1.165, 1.54) is 0 Å². The van der Waals surface area contributed by atoms with E-state index in [1.807, 2.05) is 24.3 Å². The molecule has 0 aliphatic carbocycles. The van der Waals surface area contributed by atoms with Crippen LogP contribution >= 0.6 is 15.9 Å². The van der Waals surface area contributed by atoms with E-state index in [0.717, 1.165) is 23.4 Å². The molecule has 16 heavy (non-hydrogen) atoms. The standard InChI is InChI=1S/C12H18BrNO2/c1-10(9-15-2)14-7-8-16-12-6-4-3-5-11(12)13/h3-6,10,14H,7-9H2,1-2H3. The fourth-order valence-electron chi connectivity index (χ4n) is 1.34. The number of ether oxygens (including phenoxy) is 2. The third-order valence-electron chi connectivity index (χ3n) is 2.11. The van der Waals surface area contributed by atoms with Crippen LogP contribution in [0.25, 0.3) is 0 Å². The zero-order chi connectivity index (χ0) is 11.8. The van der Waals surface area contributed by atoms with Gasteiger partial charge in [0.2, 0.25) is 0 Å². The molecule has 0 aromatic heterocycles. The van der Waals surface area contributed by atoms with Crippen LogP contribution in [0.1, 0.15) is 6.92 Å². The Morgan fingerprint density at radius 1 is 1.38 bits per heavy atom. The normalized spacial score (nSPS) is 12.4. The Kier molecular flexibility index (Phi) is 6.45. The van der Waals surface area contributed by atoms with Crippen LogP contribution in [0.3, 0.4) is 0 Å². The van der Waals surface area contributed by atoms with E-state index in [0.29, 0.717) is 12.6 Å². The highest BCUT2D eigenvalue weighted by atomic mass is 79.9. The average Bonchev–Trinajstić information content (AvgIpc) is 2.27. The van der Waals surface area contributed by atoms with Gasteiger partial charge >= 0.3 is 0 Å². The molecule has 1 aromatic carbocycles. The maximum atomic E-state index is 5.62. The van der Waals surface area contributed by atoms with Crippen LogP contribution in [0.5, 0.6) is 5.75 Å². The number of hydrogen-bond acceptors (Lipinski definition) is 3. The molecule has 0 saturated carbocycles. The summed E-state index contributed by atoms with van der Waals surface area (Å²) in [6, 6.07) is 8.20. The van der Waals surface area contributed by atoms with Gasteiger partial charge in [-0.3, -0.25) is 0 Å². The first-order valence-electron chi connectivity index (χ1n) is 5.33. The minimum atomic E-state index is 0.354. The monoisotopic (exact) mass is 287 g/mol. The van der Waals surface area contributed by atoms with Crippen molar-refractivity contribution in [2.24, 2.45) is 0 Å². The molecule has 0 amide bonds. The summed E-state index contributed by atoms with van der Waals surface area (Å²) in [7, 11) is 1.70. The smallest absolute Gasteiger partial charge is 0.133 e. The lowest BCUT2D eigenvalue weighted by atomic mass is 10.3. The van der Waals surface area contributed by atoms with Crippen LogP contribution < -0.4 is 10.1 Å². The minimum Gasteiger partial charge on any atom is -0.491 e. The molecule has 3 nitrogen and oxygen atoms in total. The molecule has 0 spiro atoms. The molecular formula is C12H18BrNO2. The molecule has 0 radical (unpaired) electrons. The van der Waals surface area contributed by atoms with Crippen molar-refractivity contribution in [3.8, 4) is 5.75 Å². The van der Waals surface area contributed by atoms with Crippen LogP contribution in [0.4, 0.5) is 0 Å². The Labute approximate surface area is 105 Å². The highest BCUT2D eigenvalue weighted by molar-refractivity contribution is 9.10. The van der Waals surface area contributed by atoms with Gasteiger partial charge in [0.05, 0.1) is 11.1 Å². The molecule has 1 N–H and O–H groups in total. The highest BCUT2D eigenvalue weighted by Gasteiger charge is 2.01. The van der Waals surface area contributed by atoms with Gasteiger partial charge in [-0.15, -0.1) is 0 Å². The van der Waals surface area contributed by atoms with E-state index in [-0.39, 0.29) is 0 Å². The van der Waals surface area contributed by atoms with E-state index in [1.54, 1.807) is 7.11 Å². The lowest BCUT2D eigenvalue weighted by Crippen LogP contribution is -2.33. The fourth-order valence-corrected chi connectivity index (χ4v) is 1.74. The zero-order valence-corrected chi connectivity index (χ0v) is 11.3. The average molecular weight is 288 g/mol. The van der Waals surface area contributed by atoms with E-state index < -0.39 is 0 Å². The predicted octanol–water partition coefficient (Wildman–Crippen LogP) is 2.45. The second kappa shape index (κ2) is 7.65. The van der Waals surface area contributed by atoms with Crippen molar-refractivity contribution in [1.82, 2.24) is 5.32 Å². The van der Waals surface area contributed by atoms with E-state index in [4.69, 9.17) is 9.47 Å². The maximum absolute atomic E-state index is 5.62. The van der Waals surface area contributed by atoms with Crippen molar-refractivity contribution in [2.75, 3.05) is 26.9 Å². The number of rotatable bonds is 7. The van der Waals surface area contributed by atoms with Crippen molar-refractivity contribution in [3.63, 3.8) is 0 Å². The lowest BCUT2D eigenvalue weighted by molar-refractivity contribution is 0.169. The first-order valence-corrected chi connectivity index (χ1v) is 6.13. The lowest BCUT2D eigenvalue weighted by Gasteiger charge is -2.13. The number of methoxy groups -OCH3 is 1. The molecule has 1 atom stereocenters. The number of nitrogens with one attached hydrogen (secondary N) is 1. The summed E-state index contributed by atoms with van der Waals surface area (Å²) in [5, 5.41) is 3.31. The number of hydrogen-bond donors (Lipinski definition) is 1. The summed E-state index contributed by atoms with van der Waals surface area (Å²) >= 11 is 3.44. The van der Waals surface area contributed by atoms with Gasteiger partial charge in [-0.05, 0) is 35.0 Å². The Balaban J connectivity index is 2.19. The topological polar surface area (TPSA) is 30.5 Å². The Hall–Kier alpha value is -0.580. The van der Waals surface area contributed by atoms with Crippen LogP contribution in [-0.4, -0.2) is 32.9 Å². The minimum absolute atomic E-state index is 0.354. The van der Waals surface area contributed by atoms with E-state index in [9.17, 15) is 0 Å². The molecule has 1 unspecified atom stereocenters. The first-order chi connectivity index (χ1) is 7.74. The Morgan fingerprint density at radius 3 is 2.81 bits per heavy atom. The number of benzene rings is 1. The fraction of sp³-hybridized carbons (Fsp3) is 0.500. The highest BCUT2D eigenvalue weighted by Crippen LogP contribution is 2.23. The molecule has 0 aliphatic rings. The third kappa shape index (κ3) is 4.96. The summed E-state index contributed by atoms with van der Waals surface area (Å²) < 4.78 is 11.6. The third-order valence-corrected chi connectivity index (χ3v) is 2.76. The van der Waals surface area contributed by atoms with Crippen molar-refractivity contribution in [2.45, 2.75) is 13.0 Å². The van der Waals surface area contributed by atoms with Crippen LogP contribution in [0.2, 0.25) is 0 Å². The number of para-hydroxylation sites is 1. The van der Waals surface area contributed by atoms with Gasteiger partial charge in [0, 0.05) is 19.7 Å². The van der Waals surface area contributed by atoms with Gasteiger partial charge < -0.3 is 14.8 Å². The van der Waals surface area contributed by atoms with Crippen LogP contribution in [0, 0.1) is 0 Å². The van der Waals surface area contributed by atoms with Gasteiger partial charge in [0.1, 0.15) is 12.4 Å². The summed E-state index contributed by atoms with van der Waals surface area (Å²) in [6.07, 6.45) is 0. The van der Waals surface area contributed by atoms with Crippen molar-refractivity contribution in [3.05, 3.63) is 28.7 Å². The van der Waals surface area contributed by atoms with Crippen molar-refractivity contribution in [1.29, 1.82) is 0 Å². The molecular weight excluding hydrogens is 270 g/mol. The summed E-state index contributed by atoms with van der Waals surface area (Å²) in [6.45, 7) is 4.26. The molecule has 4 heteroatoms. The van der Waals surface area contributed by atoms with Crippen LogP contribution in [0.15, 0.2) is 28.7 Å². The second-order valence-electron chi connectivity index (χ2n) is 3.59. The first kappa shape index (κ1) is 13.5. The molecule has 1 rings (SSSR count). The largest absolute Gasteiger partial charge is 0.491 e. The number of halogens is 1. The van der Waals surface area contributed by atoms with Gasteiger partial charge in [0.15, 0.2) is 0 Å². The molecule has 1 aromatic rings. The molecule has 0 bridgehead atoms. The summed E-state index contributed by atoms with van der Waals surface area (Å²) in [5.41, 5.74) is 0.